The van der Waals surface area contributed by atoms with Gasteiger partial charge >= 0.3 is 5.97 Å². The highest BCUT2D eigenvalue weighted by atomic mass is 32.2. The van der Waals surface area contributed by atoms with Crippen molar-refractivity contribution in [2.24, 2.45) is 11.8 Å². The first-order chi connectivity index (χ1) is 16.6. The van der Waals surface area contributed by atoms with Crippen molar-refractivity contribution < 1.29 is 19.4 Å². The molecule has 7 heteroatoms. The maximum atomic E-state index is 12.6. The standard InChI is InChI=1S/C27H38N2O4S/c1-32-20-8-9-25-23(17-20)22(11-13-28-25)26(30)10-7-19-12-14-29(18-24(19)27(31)33-2)15-16-34-21-5-3-4-6-21/h8-9,11,13,17,19,21,24,26,30H,3-7,10,12,14-16,18H2,1-2H3/t19-,24+,26?/m1/s1. The van der Waals surface area contributed by atoms with Gasteiger partial charge in [-0.2, -0.15) is 11.8 Å². The lowest BCUT2D eigenvalue weighted by atomic mass is 9.81. The quantitative estimate of drug-likeness (QED) is 0.482. The third kappa shape index (κ3) is 6.23. The van der Waals surface area contributed by atoms with Crippen molar-refractivity contribution in [1.29, 1.82) is 0 Å². The van der Waals surface area contributed by atoms with E-state index in [2.05, 4.69) is 21.6 Å². The first-order valence-electron chi connectivity index (χ1n) is 12.6. The Morgan fingerprint density at radius 2 is 2.06 bits per heavy atom. The lowest BCUT2D eigenvalue weighted by Gasteiger charge is -2.37. The molecule has 0 bridgehead atoms. The smallest absolute Gasteiger partial charge is 0.310 e. The van der Waals surface area contributed by atoms with Gasteiger partial charge in [0.15, 0.2) is 0 Å². The summed E-state index contributed by atoms with van der Waals surface area (Å²) in [4.78, 5) is 19.5. The molecule has 0 spiro atoms. The average molecular weight is 487 g/mol. The van der Waals surface area contributed by atoms with Crippen molar-refractivity contribution in [1.82, 2.24) is 9.88 Å². The number of thioether (sulfide) groups is 1. The molecule has 6 nitrogen and oxygen atoms in total. The van der Waals surface area contributed by atoms with E-state index in [1.807, 2.05) is 24.3 Å². The van der Waals surface area contributed by atoms with Crippen LogP contribution in [0.5, 0.6) is 5.75 Å². The van der Waals surface area contributed by atoms with Crippen molar-refractivity contribution in [3.05, 3.63) is 36.0 Å². The minimum atomic E-state index is -0.614. The summed E-state index contributed by atoms with van der Waals surface area (Å²) in [6, 6.07) is 7.61. The van der Waals surface area contributed by atoms with E-state index in [9.17, 15) is 9.90 Å². The highest BCUT2D eigenvalue weighted by Crippen LogP contribution is 2.35. The number of fused-ring (bicyclic) bond motifs is 1. The van der Waals surface area contributed by atoms with Gasteiger partial charge in [-0.05, 0) is 74.4 Å². The van der Waals surface area contributed by atoms with Crippen LogP contribution in [0.1, 0.15) is 56.6 Å². The third-order valence-corrected chi connectivity index (χ3v) is 8.92. The molecule has 0 amide bonds. The molecule has 1 aliphatic carbocycles. The summed E-state index contributed by atoms with van der Waals surface area (Å²) in [5.74, 6) is 1.87. The summed E-state index contributed by atoms with van der Waals surface area (Å²) in [5.41, 5.74) is 1.70. The molecule has 2 aliphatic rings. The van der Waals surface area contributed by atoms with Crippen LogP contribution >= 0.6 is 11.8 Å². The maximum absolute atomic E-state index is 12.6. The number of esters is 1. The molecule has 4 rings (SSSR count). The minimum Gasteiger partial charge on any atom is -0.497 e. The molecule has 0 radical (unpaired) electrons. The number of benzene rings is 1. The molecule has 186 valence electrons. The van der Waals surface area contributed by atoms with Crippen molar-refractivity contribution in [2.75, 3.05) is 39.6 Å². The number of carbonyl (C=O) groups excluding carboxylic acids is 1. The van der Waals surface area contributed by atoms with Gasteiger partial charge in [0, 0.05) is 35.7 Å². The molecule has 2 heterocycles. The minimum absolute atomic E-state index is 0.119. The van der Waals surface area contributed by atoms with Crippen molar-refractivity contribution in [2.45, 2.75) is 56.3 Å². The van der Waals surface area contributed by atoms with Crippen molar-refractivity contribution >= 4 is 28.6 Å². The van der Waals surface area contributed by atoms with Gasteiger partial charge in [0.1, 0.15) is 5.75 Å². The summed E-state index contributed by atoms with van der Waals surface area (Å²) in [6.07, 6.45) is 8.96. The molecular weight excluding hydrogens is 448 g/mol. The van der Waals surface area contributed by atoms with E-state index >= 15 is 0 Å². The van der Waals surface area contributed by atoms with Gasteiger partial charge in [-0.15, -0.1) is 0 Å². The van der Waals surface area contributed by atoms with Gasteiger partial charge in [-0.3, -0.25) is 9.78 Å². The first kappa shape index (κ1) is 25.3. The number of likely N-dealkylation sites (tertiary alicyclic amines) is 1. The van der Waals surface area contributed by atoms with Crippen LogP contribution in [0.3, 0.4) is 0 Å². The highest BCUT2D eigenvalue weighted by Gasteiger charge is 2.35. The number of pyridine rings is 1. The van der Waals surface area contributed by atoms with Gasteiger partial charge in [0.25, 0.3) is 0 Å². The Hall–Kier alpha value is -1.83. The van der Waals surface area contributed by atoms with Crippen molar-refractivity contribution in [3.63, 3.8) is 0 Å². The van der Waals surface area contributed by atoms with E-state index in [4.69, 9.17) is 9.47 Å². The van der Waals surface area contributed by atoms with Crippen LogP contribution in [0, 0.1) is 11.8 Å². The second kappa shape index (κ2) is 12.2. The summed E-state index contributed by atoms with van der Waals surface area (Å²) in [5, 5.41) is 12.8. The number of aliphatic hydroxyl groups excluding tert-OH is 1. The number of ether oxygens (including phenoxy) is 2. The molecule has 1 N–H and O–H groups in total. The van der Waals surface area contributed by atoms with Crippen LogP contribution in [0.2, 0.25) is 0 Å². The number of aromatic nitrogens is 1. The number of piperidine rings is 1. The number of rotatable bonds is 10. The Morgan fingerprint density at radius 3 is 2.82 bits per heavy atom. The van der Waals surface area contributed by atoms with E-state index in [-0.39, 0.29) is 17.8 Å². The Morgan fingerprint density at radius 1 is 1.24 bits per heavy atom. The van der Waals surface area contributed by atoms with Crippen LogP contribution in [0.15, 0.2) is 30.5 Å². The molecule has 3 atom stereocenters. The highest BCUT2D eigenvalue weighted by molar-refractivity contribution is 7.99. The Bertz CT molecular complexity index is 949. The first-order valence-corrected chi connectivity index (χ1v) is 13.7. The van der Waals surface area contributed by atoms with E-state index < -0.39 is 6.10 Å². The molecular formula is C27H38N2O4S. The van der Waals surface area contributed by atoms with E-state index in [0.29, 0.717) is 6.42 Å². The summed E-state index contributed by atoms with van der Waals surface area (Å²) < 4.78 is 10.5. The second-order valence-corrected chi connectivity index (χ2v) is 11.0. The fraction of sp³-hybridized carbons (Fsp3) is 0.630. The van der Waals surface area contributed by atoms with Crippen molar-refractivity contribution in [3.8, 4) is 5.75 Å². The summed E-state index contributed by atoms with van der Waals surface area (Å²) >= 11 is 2.10. The number of aliphatic hydroxyl groups is 1. The van der Waals surface area contributed by atoms with Crippen LogP contribution in [-0.2, 0) is 9.53 Å². The topological polar surface area (TPSA) is 71.9 Å². The fourth-order valence-corrected chi connectivity index (χ4v) is 6.89. The molecule has 1 unspecified atom stereocenters. The van der Waals surface area contributed by atoms with Crippen LogP contribution < -0.4 is 4.74 Å². The number of hydrogen-bond acceptors (Lipinski definition) is 7. The average Bonchev–Trinajstić information content (AvgIpc) is 3.40. The van der Waals surface area contributed by atoms with E-state index in [0.717, 1.165) is 65.7 Å². The Balaban J connectivity index is 1.35. The van der Waals surface area contributed by atoms with Crippen LogP contribution in [0.4, 0.5) is 0 Å². The number of hydrogen-bond donors (Lipinski definition) is 1. The maximum Gasteiger partial charge on any atom is 0.310 e. The normalized spacial score (nSPS) is 22.7. The Labute approximate surface area is 207 Å². The third-order valence-electron chi connectivity index (χ3n) is 7.56. The van der Waals surface area contributed by atoms with E-state index in [1.165, 1.54) is 32.8 Å². The van der Waals surface area contributed by atoms with Gasteiger partial charge in [0.2, 0.25) is 0 Å². The molecule has 2 fully saturated rings. The zero-order valence-corrected chi connectivity index (χ0v) is 21.3. The van der Waals surface area contributed by atoms with Gasteiger partial charge < -0.3 is 19.5 Å². The lowest BCUT2D eigenvalue weighted by molar-refractivity contribution is -0.150. The molecule has 2 aromatic rings. The Kier molecular flexibility index (Phi) is 9.09. The predicted octanol–water partition coefficient (Wildman–Crippen LogP) is 4.84. The molecule has 1 saturated carbocycles. The molecule has 1 aromatic carbocycles. The molecule has 1 saturated heterocycles. The molecule has 1 aliphatic heterocycles. The predicted molar refractivity (Wildman–Crippen MR) is 137 cm³/mol. The number of carbonyl (C=O) groups is 1. The van der Waals surface area contributed by atoms with Crippen LogP contribution in [0.25, 0.3) is 10.9 Å². The second-order valence-electron chi connectivity index (χ2n) is 9.63. The zero-order valence-electron chi connectivity index (χ0n) is 20.4. The monoisotopic (exact) mass is 486 g/mol. The molecule has 1 aromatic heterocycles. The van der Waals surface area contributed by atoms with E-state index in [1.54, 1.807) is 13.3 Å². The SMILES string of the molecule is COC(=O)[C@H]1CN(CCSC2CCCC2)CC[C@H]1CCC(O)c1ccnc2ccc(OC)cc12. The number of nitrogens with zero attached hydrogens (tertiary/aromatic N) is 2. The molecule has 34 heavy (non-hydrogen) atoms. The number of methoxy groups -OCH3 is 2. The fourth-order valence-electron chi connectivity index (χ4n) is 5.53. The summed E-state index contributed by atoms with van der Waals surface area (Å²) in [7, 11) is 3.13. The van der Waals surface area contributed by atoms with Gasteiger partial charge in [-0.1, -0.05) is 12.8 Å². The largest absolute Gasteiger partial charge is 0.497 e. The van der Waals surface area contributed by atoms with Crippen LogP contribution in [-0.4, -0.2) is 65.8 Å². The zero-order chi connectivity index (χ0) is 23.9. The lowest BCUT2D eigenvalue weighted by Crippen LogP contribution is -2.45. The van der Waals surface area contributed by atoms with Gasteiger partial charge in [-0.25, -0.2) is 0 Å². The van der Waals surface area contributed by atoms with Gasteiger partial charge in [0.05, 0.1) is 31.8 Å². The summed E-state index contributed by atoms with van der Waals surface area (Å²) in [6.45, 7) is 2.80.